The minimum atomic E-state index is -1.48. The van der Waals surface area contributed by atoms with Gasteiger partial charge in [-0.15, -0.1) is 11.3 Å². The van der Waals surface area contributed by atoms with Crippen molar-refractivity contribution in [3.8, 4) is 5.75 Å². The van der Waals surface area contributed by atoms with Gasteiger partial charge >= 0.3 is 6.09 Å². The van der Waals surface area contributed by atoms with Crippen molar-refractivity contribution >= 4 is 41.0 Å². The van der Waals surface area contributed by atoms with Crippen LogP contribution in [0, 0.1) is 16.0 Å². The third-order valence-corrected chi connectivity index (χ3v) is 7.82. The number of hydrogen-bond donors (Lipinski definition) is 5. The fraction of sp³-hybridized carbons (Fsp3) is 0.423. The molecule has 4 amide bonds. The van der Waals surface area contributed by atoms with Crippen molar-refractivity contribution in [3.05, 3.63) is 52.0 Å². The van der Waals surface area contributed by atoms with Crippen LogP contribution in [0.3, 0.4) is 0 Å². The maximum Gasteiger partial charge on any atom is 0.410 e. The van der Waals surface area contributed by atoms with Crippen LogP contribution in [0.15, 0.2) is 36.4 Å². The lowest BCUT2D eigenvalue weighted by atomic mass is 10.0. The van der Waals surface area contributed by atoms with Gasteiger partial charge in [-0.05, 0) is 42.9 Å². The van der Waals surface area contributed by atoms with E-state index in [4.69, 9.17) is 15.3 Å². The van der Waals surface area contributed by atoms with Crippen LogP contribution in [0.4, 0.5) is 9.18 Å². The molecule has 11 nitrogen and oxygen atoms in total. The summed E-state index contributed by atoms with van der Waals surface area (Å²) in [6.07, 6.45) is 0.472. The molecule has 0 bridgehead atoms. The van der Waals surface area contributed by atoms with E-state index in [2.05, 4.69) is 10.6 Å². The number of benzene rings is 1. The average molecular weight is 560 g/mol. The van der Waals surface area contributed by atoms with Gasteiger partial charge in [-0.25, -0.2) is 4.79 Å². The molecule has 2 aromatic rings. The Morgan fingerprint density at radius 3 is 2.67 bits per heavy atom. The van der Waals surface area contributed by atoms with Crippen molar-refractivity contribution in [2.24, 2.45) is 5.41 Å². The van der Waals surface area contributed by atoms with Crippen molar-refractivity contribution in [3.63, 3.8) is 0 Å². The first-order valence-corrected chi connectivity index (χ1v) is 13.3. The molecule has 5 N–H and O–H groups in total. The number of ether oxygens (including phenoxy) is 1. The first-order valence-electron chi connectivity index (χ1n) is 12.5. The first kappa shape index (κ1) is 28.0. The van der Waals surface area contributed by atoms with Crippen molar-refractivity contribution in [1.29, 1.82) is 5.41 Å². The van der Waals surface area contributed by atoms with Crippen LogP contribution in [-0.2, 0) is 20.9 Å². The van der Waals surface area contributed by atoms with E-state index in [1.54, 1.807) is 10.2 Å². The Morgan fingerprint density at radius 1 is 1.21 bits per heavy atom. The summed E-state index contributed by atoms with van der Waals surface area (Å²) in [4.78, 5) is 50.9. The monoisotopic (exact) mass is 559 g/mol. The van der Waals surface area contributed by atoms with E-state index < -0.39 is 29.0 Å². The zero-order chi connectivity index (χ0) is 28.2. The average Bonchev–Trinajstić information content (AvgIpc) is 3.24. The maximum absolute atomic E-state index is 14.2. The fourth-order valence-corrected chi connectivity index (χ4v) is 5.62. The number of carbonyl (C=O) groups excluding carboxylic acids is 3. The summed E-state index contributed by atoms with van der Waals surface area (Å²) < 4.78 is 19.7. The van der Waals surface area contributed by atoms with Crippen LogP contribution in [0.1, 0.15) is 43.0 Å². The predicted molar refractivity (Wildman–Crippen MR) is 140 cm³/mol. The molecule has 1 aromatic carbocycles. The molecule has 2 heterocycles. The molecule has 1 saturated carbocycles. The van der Waals surface area contributed by atoms with Crippen LogP contribution in [0.5, 0.6) is 5.75 Å². The van der Waals surface area contributed by atoms with Gasteiger partial charge in [-0.2, -0.15) is 4.39 Å². The van der Waals surface area contributed by atoms with E-state index in [0.717, 1.165) is 12.2 Å². The molecule has 1 aliphatic carbocycles. The number of likely N-dealkylation sites (tertiary alicyclic amines) is 1. The Kier molecular flexibility index (Phi) is 8.48. The number of rotatable bonds is 11. The molecule has 1 saturated heterocycles. The van der Waals surface area contributed by atoms with E-state index >= 15 is 0 Å². The number of para-hydroxylation sites is 1. The number of carboxylic acid groups (broad SMARTS) is 1. The number of thiophene rings is 1. The van der Waals surface area contributed by atoms with Gasteiger partial charge in [0, 0.05) is 17.3 Å². The van der Waals surface area contributed by atoms with Crippen LogP contribution in [0.25, 0.3) is 0 Å². The minimum absolute atomic E-state index is 0.0392. The number of nitrogens with zero attached hydrogens (tertiary/aromatic N) is 1. The zero-order valence-corrected chi connectivity index (χ0v) is 22.1. The second-order valence-corrected chi connectivity index (χ2v) is 10.9. The molecule has 2 fully saturated rings. The zero-order valence-electron chi connectivity index (χ0n) is 21.3. The topological polar surface area (TPSA) is 161 Å². The van der Waals surface area contributed by atoms with Gasteiger partial charge in [0.25, 0.3) is 0 Å². The van der Waals surface area contributed by atoms with E-state index in [1.807, 2.05) is 37.3 Å². The molecule has 1 aromatic heterocycles. The molecule has 2 aliphatic rings. The molecule has 0 radical (unpaired) electrons. The highest BCUT2D eigenvalue weighted by atomic mass is 32.1. The molecule has 4 rings (SSSR count). The van der Waals surface area contributed by atoms with E-state index in [0.29, 0.717) is 35.7 Å². The number of amidine groups is 1. The molecule has 0 spiro atoms. The molecule has 1 aliphatic heterocycles. The van der Waals surface area contributed by atoms with Crippen molar-refractivity contribution in [2.45, 2.75) is 51.2 Å². The Morgan fingerprint density at radius 2 is 1.95 bits per heavy atom. The Balaban J connectivity index is 1.25. The SMILES string of the molecule is C[C@@]12C[C@@H]1N(C(=O)CNC(=O)CCCOc1ccccc1)[C@H](C(=O)NCc1cc(C(=N)NC(=O)O)c(F)s1)C2. The standard InChI is InChI=1S/C26H30FN5O6S/c1-26-11-18(24(35)30-13-16-10-17(22(27)39-16)23(28)31-25(36)37)32(19(26)12-26)21(34)14-29-20(33)8-5-9-38-15-6-3-2-4-7-15/h2-4,6-7,10,18-19H,5,8-9,11-14H2,1H3,(H2,28,31)(H,29,33)(H,30,35)(H,36,37)/t18-,19-,26+/m0/s1. The largest absolute Gasteiger partial charge is 0.494 e. The Labute approximate surface area is 228 Å². The summed E-state index contributed by atoms with van der Waals surface area (Å²) in [6, 6.07) is 9.77. The number of nitrogens with one attached hydrogen (secondary N) is 4. The third-order valence-electron chi connectivity index (χ3n) is 6.90. The lowest BCUT2D eigenvalue weighted by molar-refractivity contribution is -0.140. The quantitative estimate of drug-likeness (QED) is 0.161. The van der Waals surface area contributed by atoms with Crippen molar-refractivity contribution in [2.75, 3.05) is 13.2 Å². The summed E-state index contributed by atoms with van der Waals surface area (Å²) in [6.45, 7) is 2.13. The number of hydrogen-bond acceptors (Lipinski definition) is 7. The highest BCUT2D eigenvalue weighted by Crippen LogP contribution is 2.59. The van der Waals surface area contributed by atoms with Crippen LogP contribution in [0.2, 0.25) is 0 Å². The number of carbonyl (C=O) groups is 4. The lowest BCUT2D eigenvalue weighted by Crippen LogP contribution is -2.50. The fourth-order valence-electron chi connectivity index (χ4n) is 4.79. The smallest absolute Gasteiger partial charge is 0.410 e. The lowest BCUT2D eigenvalue weighted by Gasteiger charge is -2.27. The highest BCUT2D eigenvalue weighted by molar-refractivity contribution is 7.10. The first-order chi connectivity index (χ1) is 18.6. The van der Waals surface area contributed by atoms with Gasteiger partial charge in [-0.3, -0.25) is 25.1 Å². The van der Waals surface area contributed by atoms with Gasteiger partial charge in [0.1, 0.15) is 17.6 Å². The van der Waals surface area contributed by atoms with Crippen molar-refractivity contribution < 1.29 is 33.4 Å². The summed E-state index contributed by atoms with van der Waals surface area (Å²) >= 11 is 0.696. The van der Waals surface area contributed by atoms with Crippen molar-refractivity contribution in [1.82, 2.24) is 20.9 Å². The number of fused-ring (bicyclic) bond motifs is 1. The van der Waals surface area contributed by atoms with E-state index in [-0.39, 0.29) is 48.3 Å². The van der Waals surface area contributed by atoms with Crippen LogP contribution < -0.4 is 20.7 Å². The second-order valence-electron chi connectivity index (χ2n) is 9.86. The van der Waals surface area contributed by atoms with Crippen LogP contribution >= 0.6 is 11.3 Å². The van der Waals surface area contributed by atoms with Crippen LogP contribution in [-0.4, -0.2) is 64.9 Å². The minimum Gasteiger partial charge on any atom is -0.494 e. The molecular weight excluding hydrogens is 529 g/mol. The molecule has 0 unspecified atom stereocenters. The summed E-state index contributed by atoms with van der Waals surface area (Å²) in [7, 11) is 0. The van der Waals surface area contributed by atoms with E-state index in [1.165, 1.54) is 6.07 Å². The van der Waals surface area contributed by atoms with Gasteiger partial charge < -0.3 is 25.4 Å². The summed E-state index contributed by atoms with van der Waals surface area (Å²) in [5, 5.41) is 22.8. The molecule has 13 heteroatoms. The number of piperidine rings is 1. The third kappa shape index (κ3) is 6.91. The van der Waals surface area contributed by atoms with Gasteiger partial charge in [0.15, 0.2) is 5.13 Å². The second kappa shape index (κ2) is 11.8. The molecular formula is C26H30FN5O6S. The molecule has 39 heavy (non-hydrogen) atoms. The van der Waals surface area contributed by atoms with Gasteiger partial charge in [0.05, 0.1) is 25.3 Å². The maximum atomic E-state index is 14.2. The van der Waals surface area contributed by atoms with Gasteiger partial charge in [-0.1, -0.05) is 25.1 Å². The van der Waals surface area contributed by atoms with Gasteiger partial charge in [0.2, 0.25) is 17.7 Å². The number of amides is 4. The Bertz CT molecular complexity index is 1270. The summed E-state index contributed by atoms with van der Waals surface area (Å²) in [5.41, 5.74) is -0.364. The van der Waals surface area contributed by atoms with E-state index in [9.17, 15) is 23.6 Å². The normalized spacial score (nSPS) is 21.0. The highest BCUT2D eigenvalue weighted by Gasteiger charge is 2.64. The molecule has 3 atom stereocenters. The molecule has 208 valence electrons. The predicted octanol–water partition coefficient (Wildman–Crippen LogP) is 2.45. The number of halogens is 1. The summed E-state index contributed by atoms with van der Waals surface area (Å²) in [5.74, 6) is -0.890. The Hall–Kier alpha value is -4.00.